The van der Waals surface area contributed by atoms with Crippen molar-refractivity contribution in [1.29, 1.82) is 0 Å². The number of carbonyl (C=O) groups is 2. The van der Waals surface area contributed by atoms with Crippen LogP contribution in [-0.2, 0) is 28.5 Å². The maximum absolute atomic E-state index is 12.9. The molecule has 3 fully saturated rings. The van der Waals surface area contributed by atoms with E-state index in [2.05, 4.69) is 26.0 Å². The van der Waals surface area contributed by atoms with Gasteiger partial charge >= 0.3 is 5.97 Å². The number of hydrogen-bond acceptors (Lipinski definition) is 6. The van der Waals surface area contributed by atoms with Crippen LogP contribution in [0.25, 0.3) is 0 Å². The molecule has 0 radical (unpaired) electrons. The van der Waals surface area contributed by atoms with E-state index in [0.717, 1.165) is 38.7 Å². The Kier molecular flexibility index (Phi) is 11.2. The summed E-state index contributed by atoms with van der Waals surface area (Å²) in [5, 5.41) is 8.90. The lowest BCUT2D eigenvalue weighted by Crippen LogP contribution is -2.32. The third kappa shape index (κ3) is 8.38. The molecule has 0 aromatic rings. The molecule has 2 aliphatic heterocycles. The van der Waals surface area contributed by atoms with Crippen molar-refractivity contribution in [2.24, 2.45) is 17.8 Å². The Morgan fingerprint density at radius 2 is 2.11 bits per heavy atom. The van der Waals surface area contributed by atoms with Crippen molar-refractivity contribution >= 4 is 11.8 Å². The van der Waals surface area contributed by atoms with Gasteiger partial charge in [-0.15, -0.1) is 0 Å². The number of allylic oxidation sites excluding steroid dienone is 1. The lowest BCUT2D eigenvalue weighted by Gasteiger charge is -2.29. The van der Waals surface area contributed by atoms with Crippen molar-refractivity contribution in [2.75, 3.05) is 13.7 Å². The minimum atomic E-state index is -0.782. The molecule has 7 atom stereocenters. The van der Waals surface area contributed by atoms with Gasteiger partial charge in [-0.2, -0.15) is 0 Å². The lowest BCUT2D eigenvalue weighted by atomic mass is 9.87. The number of ketones is 1. The topological polar surface area (TPSA) is 91.3 Å². The second-order valence-corrected chi connectivity index (χ2v) is 10.8. The summed E-state index contributed by atoms with van der Waals surface area (Å²) in [5.74, 6) is -0.847. The predicted octanol–water partition coefficient (Wildman–Crippen LogP) is 5.65. The largest absolute Gasteiger partial charge is 0.481 e. The molecule has 1 saturated carbocycles. The first kappa shape index (κ1) is 28.3. The zero-order chi connectivity index (χ0) is 25.3. The Balaban J connectivity index is 1.63. The van der Waals surface area contributed by atoms with Gasteiger partial charge in [-0.1, -0.05) is 45.3 Å². The normalized spacial score (nSPS) is 32.7. The number of ether oxygens (including phenoxy) is 4. The van der Waals surface area contributed by atoms with Crippen LogP contribution in [0.4, 0.5) is 0 Å². The van der Waals surface area contributed by atoms with Crippen LogP contribution < -0.4 is 0 Å². The minimum absolute atomic E-state index is 0.0673. The average Bonchev–Trinajstić information content (AvgIpc) is 3.33. The Labute approximate surface area is 210 Å². The van der Waals surface area contributed by atoms with E-state index in [1.807, 2.05) is 0 Å². The predicted molar refractivity (Wildman–Crippen MR) is 133 cm³/mol. The summed E-state index contributed by atoms with van der Waals surface area (Å²) in [6.07, 6.45) is 14.6. The van der Waals surface area contributed by atoms with E-state index in [4.69, 9.17) is 24.1 Å². The quantitative estimate of drug-likeness (QED) is 0.232. The van der Waals surface area contributed by atoms with Crippen LogP contribution in [0.1, 0.15) is 97.3 Å². The summed E-state index contributed by atoms with van der Waals surface area (Å²) < 4.78 is 24.3. The SMILES string of the molecule is CCCC[C@H](C)C[C@@H](/C=C/[C@H]1C(=O)C[C@H]2OC(CCCCC(=O)O)(OC)C[C@@H]21)OC1CCCCO1. The first-order chi connectivity index (χ1) is 16.9. The van der Waals surface area contributed by atoms with Gasteiger partial charge in [0.05, 0.1) is 12.2 Å². The smallest absolute Gasteiger partial charge is 0.303 e. The summed E-state index contributed by atoms with van der Waals surface area (Å²) in [5.41, 5.74) is 0. The molecule has 2 unspecified atom stereocenters. The Bertz CT molecular complexity index is 701. The zero-order valence-electron chi connectivity index (χ0n) is 21.9. The van der Waals surface area contributed by atoms with Crippen LogP contribution in [0.15, 0.2) is 12.2 Å². The molecule has 200 valence electrons. The third-order valence-corrected chi connectivity index (χ3v) is 7.88. The first-order valence-corrected chi connectivity index (χ1v) is 13.8. The molecule has 7 heteroatoms. The Morgan fingerprint density at radius 1 is 1.29 bits per heavy atom. The number of fused-ring (bicyclic) bond motifs is 1. The number of unbranched alkanes of at least 4 members (excludes halogenated alkanes) is 2. The van der Waals surface area contributed by atoms with Gasteiger partial charge in [0.2, 0.25) is 0 Å². The van der Waals surface area contributed by atoms with Gasteiger partial charge in [0.15, 0.2) is 12.1 Å². The third-order valence-electron chi connectivity index (χ3n) is 7.88. The number of methoxy groups -OCH3 is 1. The monoisotopic (exact) mass is 494 g/mol. The zero-order valence-corrected chi connectivity index (χ0v) is 21.9. The number of carbonyl (C=O) groups excluding carboxylic acids is 1. The van der Waals surface area contributed by atoms with Gasteiger partial charge in [-0.3, -0.25) is 9.59 Å². The number of carboxylic acid groups (broad SMARTS) is 1. The van der Waals surface area contributed by atoms with Crippen molar-refractivity contribution in [3.8, 4) is 0 Å². The van der Waals surface area contributed by atoms with Crippen molar-refractivity contribution in [1.82, 2.24) is 0 Å². The number of hydrogen-bond donors (Lipinski definition) is 1. The number of carboxylic acids is 1. The Hall–Kier alpha value is -1.28. The fraction of sp³-hybridized carbons (Fsp3) is 0.857. The van der Waals surface area contributed by atoms with E-state index in [1.54, 1.807) is 7.11 Å². The molecule has 0 amide bonds. The van der Waals surface area contributed by atoms with Crippen molar-refractivity contribution in [3.05, 3.63) is 12.2 Å². The highest BCUT2D eigenvalue weighted by molar-refractivity contribution is 5.86. The fourth-order valence-corrected chi connectivity index (χ4v) is 5.85. The van der Waals surface area contributed by atoms with Crippen LogP contribution in [0.2, 0.25) is 0 Å². The van der Waals surface area contributed by atoms with E-state index in [1.165, 1.54) is 19.3 Å². The molecule has 0 aromatic heterocycles. The molecule has 0 aromatic carbocycles. The molecule has 35 heavy (non-hydrogen) atoms. The van der Waals surface area contributed by atoms with Crippen LogP contribution in [0.3, 0.4) is 0 Å². The van der Waals surface area contributed by atoms with E-state index < -0.39 is 11.8 Å². The highest BCUT2D eigenvalue weighted by Crippen LogP contribution is 2.48. The molecule has 3 aliphatic rings. The summed E-state index contributed by atoms with van der Waals surface area (Å²) in [7, 11) is 1.65. The molecular weight excluding hydrogens is 448 g/mol. The van der Waals surface area contributed by atoms with Crippen molar-refractivity contribution in [2.45, 2.75) is 122 Å². The maximum Gasteiger partial charge on any atom is 0.303 e. The van der Waals surface area contributed by atoms with Crippen LogP contribution in [0, 0.1) is 17.8 Å². The van der Waals surface area contributed by atoms with E-state index >= 15 is 0 Å². The van der Waals surface area contributed by atoms with Gasteiger partial charge in [0, 0.05) is 51.2 Å². The van der Waals surface area contributed by atoms with E-state index in [-0.39, 0.29) is 42.5 Å². The standard InChI is InChI=1S/C28H46O7/c1-4-5-10-20(2)17-21(34-27-12-7-9-16-33-27)13-14-22-23-19-28(32-3,15-8-6-11-26(30)31)35-25(23)18-24(22)29/h13-14,20-23,25,27H,4-12,15-19H2,1-3H3,(H,30,31)/b14-13+/t20-,21+,22+,23+,25+,27?,28?/m0/s1. The van der Waals surface area contributed by atoms with Crippen molar-refractivity contribution in [3.63, 3.8) is 0 Å². The van der Waals surface area contributed by atoms with E-state index in [9.17, 15) is 9.59 Å². The Morgan fingerprint density at radius 3 is 2.80 bits per heavy atom. The number of Topliss-reactive ketones (excluding diaryl/α,β-unsaturated/α-hetero) is 1. The molecule has 2 heterocycles. The highest BCUT2D eigenvalue weighted by atomic mass is 16.7. The second kappa shape index (κ2) is 13.9. The lowest BCUT2D eigenvalue weighted by molar-refractivity contribution is -0.216. The highest BCUT2D eigenvalue weighted by Gasteiger charge is 2.54. The molecule has 2 saturated heterocycles. The van der Waals surface area contributed by atoms with E-state index in [0.29, 0.717) is 31.6 Å². The average molecular weight is 495 g/mol. The van der Waals surface area contributed by atoms with Crippen LogP contribution in [0.5, 0.6) is 0 Å². The first-order valence-electron chi connectivity index (χ1n) is 13.8. The molecule has 3 rings (SSSR count). The van der Waals surface area contributed by atoms with Gasteiger partial charge < -0.3 is 24.1 Å². The summed E-state index contributed by atoms with van der Waals surface area (Å²) in [4.78, 5) is 23.7. The minimum Gasteiger partial charge on any atom is -0.481 e. The van der Waals surface area contributed by atoms with Gasteiger partial charge in [-0.25, -0.2) is 0 Å². The maximum atomic E-state index is 12.9. The van der Waals surface area contributed by atoms with Gasteiger partial charge in [0.25, 0.3) is 0 Å². The summed E-state index contributed by atoms with van der Waals surface area (Å²) in [6.45, 7) is 5.25. The molecule has 0 bridgehead atoms. The number of aliphatic carboxylic acids is 1. The second-order valence-electron chi connectivity index (χ2n) is 10.8. The fourth-order valence-electron chi connectivity index (χ4n) is 5.85. The van der Waals surface area contributed by atoms with Crippen LogP contribution >= 0.6 is 0 Å². The molecular formula is C28H46O7. The van der Waals surface area contributed by atoms with Gasteiger partial charge in [0.1, 0.15) is 5.78 Å². The van der Waals surface area contributed by atoms with Crippen molar-refractivity contribution < 1.29 is 33.6 Å². The number of rotatable bonds is 15. The summed E-state index contributed by atoms with van der Waals surface area (Å²) in [6, 6.07) is 0. The molecule has 1 aliphatic carbocycles. The molecule has 7 nitrogen and oxygen atoms in total. The van der Waals surface area contributed by atoms with Gasteiger partial charge in [-0.05, 0) is 44.4 Å². The summed E-state index contributed by atoms with van der Waals surface area (Å²) >= 11 is 0. The molecule has 0 spiro atoms. The van der Waals surface area contributed by atoms with Crippen LogP contribution in [-0.4, -0.2) is 54.9 Å². The molecule has 1 N–H and O–H groups in total.